The van der Waals surface area contributed by atoms with Crippen LogP contribution in [-0.4, -0.2) is 20.1 Å². The lowest BCUT2D eigenvalue weighted by atomic mass is 10.2. The Hall–Kier alpha value is -3.87. The van der Waals surface area contributed by atoms with Gasteiger partial charge in [-0.1, -0.05) is 60.7 Å². The fourth-order valence-corrected chi connectivity index (χ4v) is 3.40. The number of fused-ring (bicyclic) bond motifs is 1. The first kappa shape index (κ1) is 19.4. The van der Waals surface area contributed by atoms with Gasteiger partial charge >= 0.3 is 11.7 Å². The van der Waals surface area contributed by atoms with Crippen molar-refractivity contribution in [2.24, 2.45) is 0 Å². The van der Waals surface area contributed by atoms with Gasteiger partial charge in [-0.15, -0.1) is 0 Å². The highest BCUT2D eigenvalue weighted by Gasteiger charge is 2.19. The molecule has 0 amide bonds. The molecule has 0 aliphatic heterocycles. The quantitative estimate of drug-likeness (QED) is 0.502. The van der Waals surface area contributed by atoms with Gasteiger partial charge in [0, 0.05) is 6.54 Å². The molecule has 152 valence electrons. The normalized spacial score (nSPS) is 11.0. The van der Waals surface area contributed by atoms with Gasteiger partial charge in [0.25, 0.3) is 5.56 Å². The van der Waals surface area contributed by atoms with Gasteiger partial charge in [0.05, 0.1) is 12.1 Å². The molecule has 0 aliphatic rings. The maximum Gasteiger partial charge on any atom is 0.355 e. The van der Waals surface area contributed by atoms with Gasteiger partial charge in [0.15, 0.2) is 0 Å². The summed E-state index contributed by atoms with van der Waals surface area (Å²) in [6.45, 7) is 2.37. The van der Waals surface area contributed by atoms with Crippen LogP contribution >= 0.6 is 0 Å². The summed E-state index contributed by atoms with van der Waals surface area (Å²) < 4.78 is 8.02. The Balaban J connectivity index is 1.74. The molecule has 4 aromatic rings. The van der Waals surface area contributed by atoms with Gasteiger partial charge in [-0.2, -0.15) is 0 Å². The van der Waals surface area contributed by atoms with E-state index in [0.717, 1.165) is 15.7 Å². The van der Waals surface area contributed by atoms with Crippen molar-refractivity contribution in [1.29, 1.82) is 0 Å². The number of carbonyl (C=O) groups excluding carboxylic acids is 1. The minimum absolute atomic E-state index is 0.116. The minimum Gasteiger partial charge on any atom is -0.456 e. The third-order valence-corrected chi connectivity index (χ3v) is 4.94. The van der Waals surface area contributed by atoms with Gasteiger partial charge < -0.3 is 9.72 Å². The number of benzene rings is 2. The van der Waals surface area contributed by atoms with Crippen molar-refractivity contribution in [3.05, 3.63) is 104 Å². The lowest BCUT2D eigenvalue weighted by Crippen LogP contribution is -2.39. The molecule has 0 saturated heterocycles. The Morgan fingerprint density at radius 2 is 1.57 bits per heavy atom. The van der Waals surface area contributed by atoms with Crippen LogP contribution in [0.4, 0.5) is 0 Å². The van der Waals surface area contributed by atoms with Gasteiger partial charge in [0.1, 0.15) is 17.8 Å². The number of hydrogen-bond donors (Lipinski definition) is 1. The highest BCUT2D eigenvalue weighted by molar-refractivity contribution is 5.93. The molecule has 0 radical (unpaired) electrons. The molecule has 0 bridgehead atoms. The maximum atomic E-state index is 12.9. The third kappa shape index (κ3) is 3.69. The van der Waals surface area contributed by atoms with E-state index in [1.165, 1.54) is 10.6 Å². The number of carbonyl (C=O) groups is 1. The highest BCUT2D eigenvalue weighted by atomic mass is 16.5. The van der Waals surface area contributed by atoms with Crippen LogP contribution in [0, 0.1) is 0 Å². The van der Waals surface area contributed by atoms with E-state index < -0.39 is 17.2 Å². The fourth-order valence-electron chi connectivity index (χ4n) is 3.40. The SMILES string of the molecule is CCn1c(=O)c2[nH]c(C(=O)OCc3ccccc3)cc2n(Cc2ccccc2)c1=O. The predicted octanol–water partition coefficient (Wildman–Crippen LogP) is 2.92. The van der Waals surface area contributed by atoms with E-state index in [2.05, 4.69) is 4.98 Å². The number of hydrogen-bond acceptors (Lipinski definition) is 4. The van der Waals surface area contributed by atoms with Crippen LogP contribution in [0.5, 0.6) is 0 Å². The van der Waals surface area contributed by atoms with E-state index in [-0.39, 0.29) is 30.9 Å². The Bertz CT molecular complexity index is 1300. The van der Waals surface area contributed by atoms with Crippen LogP contribution in [0.3, 0.4) is 0 Å². The lowest BCUT2D eigenvalue weighted by Gasteiger charge is -2.10. The zero-order valence-electron chi connectivity index (χ0n) is 16.5. The first-order chi connectivity index (χ1) is 14.6. The second-order valence-electron chi connectivity index (χ2n) is 6.91. The summed E-state index contributed by atoms with van der Waals surface area (Å²) in [7, 11) is 0. The van der Waals surface area contributed by atoms with E-state index >= 15 is 0 Å². The zero-order valence-corrected chi connectivity index (χ0v) is 16.5. The van der Waals surface area contributed by atoms with Crippen LogP contribution in [-0.2, 0) is 24.4 Å². The molecule has 1 N–H and O–H groups in total. The summed E-state index contributed by atoms with van der Waals surface area (Å²) in [6.07, 6.45) is 0. The second-order valence-corrected chi connectivity index (χ2v) is 6.91. The average Bonchev–Trinajstić information content (AvgIpc) is 3.23. The predicted molar refractivity (Wildman–Crippen MR) is 114 cm³/mol. The monoisotopic (exact) mass is 403 g/mol. The molecule has 7 heteroatoms. The zero-order chi connectivity index (χ0) is 21.1. The van der Waals surface area contributed by atoms with E-state index in [9.17, 15) is 14.4 Å². The third-order valence-electron chi connectivity index (χ3n) is 4.94. The molecule has 0 unspecified atom stereocenters. The van der Waals surface area contributed by atoms with Gasteiger partial charge in [0.2, 0.25) is 0 Å². The number of rotatable bonds is 6. The number of aromatic amines is 1. The molecule has 0 fully saturated rings. The Morgan fingerprint density at radius 1 is 0.933 bits per heavy atom. The summed E-state index contributed by atoms with van der Waals surface area (Å²) in [5.41, 5.74) is 1.62. The van der Waals surface area contributed by atoms with Crippen molar-refractivity contribution in [1.82, 2.24) is 14.1 Å². The van der Waals surface area contributed by atoms with Crippen LogP contribution in [0.25, 0.3) is 11.0 Å². The van der Waals surface area contributed by atoms with Crippen LogP contribution in [0.15, 0.2) is 76.3 Å². The van der Waals surface area contributed by atoms with Crippen LogP contribution in [0.1, 0.15) is 28.5 Å². The number of nitrogens with zero attached hydrogens (tertiary/aromatic N) is 2. The molecule has 2 aromatic heterocycles. The summed E-state index contributed by atoms with van der Waals surface area (Å²) in [5.74, 6) is -0.587. The molecular weight excluding hydrogens is 382 g/mol. The van der Waals surface area contributed by atoms with Crippen molar-refractivity contribution in [3.8, 4) is 0 Å². The molecule has 2 aromatic carbocycles. The summed E-state index contributed by atoms with van der Waals surface area (Å²) in [5, 5.41) is 0. The number of nitrogens with one attached hydrogen (secondary N) is 1. The number of H-pyrrole nitrogens is 1. The maximum absolute atomic E-state index is 12.9. The summed E-state index contributed by atoms with van der Waals surface area (Å²) in [4.78, 5) is 41.1. The number of aromatic nitrogens is 3. The molecule has 2 heterocycles. The summed E-state index contributed by atoms with van der Waals surface area (Å²) in [6, 6.07) is 20.3. The molecule has 0 spiro atoms. The van der Waals surface area contributed by atoms with Crippen molar-refractivity contribution in [3.63, 3.8) is 0 Å². The van der Waals surface area contributed by atoms with E-state index in [4.69, 9.17) is 4.74 Å². The smallest absolute Gasteiger partial charge is 0.355 e. The fraction of sp³-hybridized carbons (Fsp3) is 0.174. The van der Waals surface area contributed by atoms with Crippen molar-refractivity contribution >= 4 is 17.0 Å². The highest BCUT2D eigenvalue weighted by Crippen LogP contribution is 2.14. The molecule has 0 atom stereocenters. The number of esters is 1. The first-order valence-electron chi connectivity index (χ1n) is 9.69. The van der Waals surface area contributed by atoms with E-state index in [1.807, 2.05) is 60.7 Å². The lowest BCUT2D eigenvalue weighted by molar-refractivity contribution is 0.0467. The van der Waals surface area contributed by atoms with Gasteiger partial charge in [-0.05, 0) is 24.1 Å². The average molecular weight is 403 g/mol. The molecular formula is C23H21N3O4. The van der Waals surface area contributed by atoms with E-state index in [0.29, 0.717) is 5.52 Å². The molecule has 0 aliphatic carbocycles. The standard InChI is InChI=1S/C23H21N3O4/c1-2-25-21(27)20-19(26(23(25)29)14-16-9-5-3-6-10-16)13-18(24-20)22(28)30-15-17-11-7-4-8-12-17/h3-13,24H,2,14-15H2,1H3. The van der Waals surface area contributed by atoms with Crippen molar-refractivity contribution in [2.45, 2.75) is 26.6 Å². The number of ether oxygens (including phenoxy) is 1. The molecule has 0 saturated carbocycles. The Labute approximate surface area is 172 Å². The largest absolute Gasteiger partial charge is 0.456 e. The van der Waals surface area contributed by atoms with Crippen molar-refractivity contribution < 1.29 is 9.53 Å². The second kappa shape index (κ2) is 8.24. The van der Waals surface area contributed by atoms with Gasteiger partial charge in [-0.25, -0.2) is 9.59 Å². The minimum atomic E-state index is -0.587. The molecule has 4 rings (SSSR count). The molecule has 7 nitrogen and oxygen atoms in total. The Kier molecular flexibility index (Phi) is 5.34. The summed E-state index contributed by atoms with van der Waals surface area (Å²) >= 11 is 0. The van der Waals surface area contributed by atoms with Crippen molar-refractivity contribution in [2.75, 3.05) is 0 Å². The first-order valence-corrected chi connectivity index (χ1v) is 9.69. The van der Waals surface area contributed by atoms with Crippen LogP contribution in [0.2, 0.25) is 0 Å². The topological polar surface area (TPSA) is 86.1 Å². The molecule has 30 heavy (non-hydrogen) atoms. The Morgan fingerprint density at radius 3 is 2.20 bits per heavy atom. The van der Waals surface area contributed by atoms with E-state index in [1.54, 1.807) is 6.92 Å². The van der Waals surface area contributed by atoms with Gasteiger partial charge in [-0.3, -0.25) is 13.9 Å². The van der Waals surface area contributed by atoms with Crippen LogP contribution < -0.4 is 11.2 Å².